The van der Waals surface area contributed by atoms with Crippen LogP contribution in [-0.2, 0) is 0 Å². The van der Waals surface area contributed by atoms with Crippen molar-refractivity contribution < 1.29 is 10.2 Å². The molecule has 0 amide bonds. The van der Waals surface area contributed by atoms with Crippen molar-refractivity contribution in [3.8, 4) is 0 Å². The molecule has 2 nitrogen and oxygen atoms in total. The standard InChI is InChI=1S/C28H50O2/c1-6-28(30)16-14-21-20(17-28)8-9-23-22(21)13-15-27(5)24(10-11-25(23)27)19(4)7-12-26(29)18(2)3/h18-26,29-30H,6-17H2,1-5H3/t19-,20+,21+,22-,23-,24-,25+,26-,27-,28+/m1/s1. The van der Waals surface area contributed by atoms with Crippen LogP contribution < -0.4 is 0 Å². The van der Waals surface area contributed by atoms with E-state index < -0.39 is 0 Å². The fourth-order valence-electron chi connectivity index (χ4n) is 9.23. The van der Waals surface area contributed by atoms with Gasteiger partial charge in [-0.3, -0.25) is 0 Å². The van der Waals surface area contributed by atoms with Crippen LogP contribution in [0.4, 0.5) is 0 Å². The average Bonchev–Trinajstić information content (AvgIpc) is 3.08. The van der Waals surface area contributed by atoms with Crippen LogP contribution in [-0.4, -0.2) is 21.9 Å². The normalized spacial score (nSPS) is 48.0. The number of hydrogen-bond donors (Lipinski definition) is 2. The molecular formula is C28H50O2. The van der Waals surface area contributed by atoms with Gasteiger partial charge in [0.2, 0.25) is 0 Å². The summed E-state index contributed by atoms with van der Waals surface area (Å²) in [4.78, 5) is 0. The van der Waals surface area contributed by atoms with E-state index in [1.165, 1.54) is 51.4 Å². The molecule has 2 heteroatoms. The zero-order valence-corrected chi connectivity index (χ0v) is 20.6. The third kappa shape index (κ3) is 4.02. The first-order chi connectivity index (χ1) is 14.2. The molecule has 2 N–H and O–H groups in total. The molecule has 0 aromatic carbocycles. The molecule has 0 unspecified atom stereocenters. The molecule has 4 aliphatic carbocycles. The lowest BCUT2D eigenvalue weighted by Gasteiger charge is -2.57. The van der Waals surface area contributed by atoms with Crippen LogP contribution in [0.5, 0.6) is 0 Å². The lowest BCUT2D eigenvalue weighted by atomic mass is 9.48. The van der Waals surface area contributed by atoms with Gasteiger partial charge in [0.15, 0.2) is 0 Å². The molecule has 0 aliphatic heterocycles. The van der Waals surface area contributed by atoms with Gasteiger partial charge in [-0.15, -0.1) is 0 Å². The summed E-state index contributed by atoms with van der Waals surface area (Å²) in [6.45, 7) is 11.6. The molecule has 0 spiro atoms. The van der Waals surface area contributed by atoms with E-state index in [1.807, 2.05) is 0 Å². The largest absolute Gasteiger partial charge is 0.393 e. The summed E-state index contributed by atoms with van der Waals surface area (Å²) in [5.74, 6) is 6.52. The first kappa shape index (κ1) is 23.1. The van der Waals surface area contributed by atoms with Crippen molar-refractivity contribution in [1.82, 2.24) is 0 Å². The predicted molar refractivity (Wildman–Crippen MR) is 125 cm³/mol. The molecule has 4 fully saturated rings. The summed E-state index contributed by atoms with van der Waals surface area (Å²) in [6, 6.07) is 0. The smallest absolute Gasteiger partial charge is 0.0648 e. The minimum Gasteiger partial charge on any atom is -0.393 e. The highest BCUT2D eigenvalue weighted by Gasteiger charge is 2.58. The van der Waals surface area contributed by atoms with Crippen LogP contribution in [0, 0.1) is 52.8 Å². The van der Waals surface area contributed by atoms with Crippen LogP contribution in [0.2, 0.25) is 0 Å². The van der Waals surface area contributed by atoms with Crippen LogP contribution in [0.15, 0.2) is 0 Å². The van der Waals surface area contributed by atoms with Gasteiger partial charge in [-0.25, -0.2) is 0 Å². The van der Waals surface area contributed by atoms with Crippen LogP contribution in [0.25, 0.3) is 0 Å². The van der Waals surface area contributed by atoms with Gasteiger partial charge in [0, 0.05) is 0 Å². The quantitative estimate of drug-likeness (QED) is 0.496. The molecule has 4 rings (SSSR count). The number of hydrogen-bond acceptors (Lipinski definition) is 2. The Hall–Kier alpha value is -0.0800. The number of fused-ring (bicyclic) bond motifs is 5. The fraction of sp³-hybridized carbons (Fsp3) is 1.00. The molecule has 4 aliphatic rings. The van der Waals surface area contributed by atoms with Crippen LogP contribution in [0.1, 0.15) is 112 Å². The summed E-state index contributed by atoms with van der Waals surface area (Å²) in [7, 11) is 0. The van der Waals surface area contributed by atoms with Crippen molar-refractivity contribution in [2.45, 2.75) is 123 Å². The van der Waals surface area contributed by atoms with E-state index >= 15 is 0 Å². The highest BCUT2D eigenvalue weighted by molar-refractivity contribution is 5.07. The second-order valence-electron chi connectivity index (χ2n) is 12.9. The van der Waals surface area contributed by atoms with E-state index in [1.54, 1.807) is 0 Å². The van der Waals surface area contributed by atoms with Gasteiger partial charge in [-0.2, -0.15) is 0 Å². The molecule has 10 atom stereocenters. The Kier molecular flexibility index (Phi) is 6.69. The predicted octanol–water partition coefficient (Wildman–Crippen LogP) is 6.83. The monoisotopic (exact) mass is 418 g/mol. The molecule has 0 aromatic heterocycles. The Morgan fingerprint density at radius 1 is 0.867 bits per heavy atom. The van der Waals surface area contributed by atoms with E-state index in [4.69, 9.17) is 0 Å². The summed E-state index contributed by atoms with van der Waals surface area (Å²) in [5.41, 5.74) is 0.181. The lowest BCUT2D eigenvalue weighted by Crippen LogP contribution is -2.51. The summed E-state index contributed by atoms with van der Waals surface area (Å²) < 4.78 is 0. The molecule has 0 bridgehead atoms. The SMILES string of the molecule is CC[C@]1(O)CC[C@H]2[C@@H](CC[C@@H]3[C@@H]2CC[C@]2(C)[C@@H]([C@H](C)CC[C@@H](O)C(C)C)CC[C@@H]32)C1. The summed E-state index contributed by atoms with van der Waals surface area (Å²) in [5, 5.41) is 21.2. The zero-order valence-electron chi connectivity index (χ0n) is 20.6. The van der Waals surface area contributed by atoms with Gasteiger partial charge in [0.05, 0.1) is 11.7 Å². The molecule has 0 heterocycles. The van der Waals surface area contributed by atoms with Gasteiger partial charge in [0.1, 0.15) is 0 Å². The minimum absolute atomic E-state index is 0.128. The lowest BCUT2D eigenvalue weighted by molar-refractivity contribution is -0.109. The Morgan fingerprint density at radius 2 is 1.60 bits per heavy atom. The van der Waals surface area contributed by atoms with Gasteiger partial charge in [0.25, 0.3) is 0 Å². The second-order valence-corrected chi connectivity index (χ2v) is 12.9. The first-order valence-corrected chi connectivity index (χ1v) is 13.6. The van der Waals surface area contributed by atoms with Gasteiger partial charge in [-0.05, 0) is 130 Å². The maximum atomic E-state index is 10.9. The van der Waals surface area contributed by atoms with Crippen LogP contribution in [0.3, 0.4) is 0 Å². The Morgan fingerprint density at radius 3 is 2.30 bits per heavy atom. The third-order valence-corrected chi connectivity index (χ3v) is 11.2. The maximum Gasteiger partial charge on any atom is 0.0648 e. The van der Waals surface area contributed by atoms with Crippen molar-refractivity contribution in [3.05, 3.63) is 0 Å². The van der Waals surface area contributed by atoms with Crippen molar-refractivity contribution in [2.24, 2.45) is 52.8 Å². The van der Waals surface area contributed by atoms with Gasteiger partial charge >= 0.3 is 0 Å². The number of aliphatic hydroxyl groups is 2. The minimum atomic E-state index is -0.356. The van der Waals surface area contributed by atoms with Gasteiger partial charge in [-0.1, -0.05) is 34.6 Å². The van der Waals surface area contributed by atoms with Crippen molar-refractivity contribution in [1.29, 1.82) is 0 Å². The van der Waals surface area contributed by atoms with Crippen molar-refractivity contribution >= 4 is 0 Å². The zero-order chi connectivity index (χ0) is 21.7. The van der Waals surface area contributed by atoms with E-state index in [0.717, 1.165) is 67.1 Å². The average molecular weight is 419 g/mol. The van der Waals surface area contributed by atoms with E-state index in [0.29, 0.717) is 11.3 Å². The molecule has 30 heavy (non-hydrogen) atoms. The Bertz CT molecular complexity index is 587. The Labute approximate surface area is 186 Å². The summed E-state index contributed by atoms with van der Waals surface area (Å²) >= 11 is 0. The molecule has 0 radical (unpaired) electrons. The first-order valence-electron chi connectivity index (χ1n) is 13.6. The number of rotatable bonds is 6. The van der Waals surface area contributed by atoms with Crippen LogP contribution >= 0.6 is 0 Å². The topological polar surface area (TPSA) is 40.5 Å². The fourth-order valence-corrected chi connectivity index (χ4v) is 9.23. The summed E-state index contributed by atoms with van der Waals surface area (Å²) in [6.07, 6.45) is 15.0. The highest BCUT2D eigenvalue weighted by atomic mass is 16.3. The Balaban J connectivity index is 1.42. The molecule has 174 valence electrons. The molecule has 4 saturated carbocycles. The molecule has 0 saturated heterocycles. The van der Waals surface area contributed by atoms with Gasteiger partial charge < -0.3 is 10.2 Å². The maximum absolute atomic E-state index is 10.9. The third-order valence-electron chi connectivity index (χ3n) is 11.2. The van der Waals surface area contributed by atoms with Crippen molar-refractivity contribution in [3.63, 3.8) is 0 Å². The number of aliphatic hydroxyl groups excluding tert-OH is 1. The molecule has 0 aromatic rings. The van der Waals surface area contributed by atoms with E-state index in [-0.39, 0.29) is 11.7 Å². The van der Waals surface area contributed by atoms with Crippen molar-refractivity contribution in [2.75, 3.05) is 0 Å². The van der Waals surface area contributed by atoms with E-state index in [9.17, 15) is 10.2 Å². The highest BCUT2D eigenvalue weighted by Crippen LogP contribution is 2.66. The van der Waals surface area contributed by atoms with E-state index in [2.05, 4.69) is 34.6 Å². The molecular weight excluding hydrogens is 368 g/mol. The second kappa shape index (κ2) is 8.69.